The number of likely N-dealkylation sites (tertiary alicyclic amines) is 1. The van der Waals surface area contributed by atoms with E-state index in [1.807, 2.05) is 6.07 Å². The van der Waals surface area contributed by atoms with Crippen LogP contribution in [0.25, 0.3) is 0 Å². The Morgan fingerprint density at radius 3 is 2.19 bits per heavy atom. The van der Waals surface area contributed by atoms with Crippen LogP contribution in [0.3, 0.4) is 0 Å². The number of nitrogens with one attached hydrogen (secondary N) is 3. The lowest BCUT2D eigenvalue weighted by molar-refractivity contribution is -0.128. The number of rotatable bonds is 8. The van der Waals surface area contributed by atoms with Crippen molar-refractivity contribution in [1.82, 2.24) is 15.5 Å². The molecule has 0 radical (unpaired) electrons. The van der Waals surface area contributed by atoms with E-state index in [0.29, 0.717) is 48.7 Å². The number of benzene rings is 2. The number of urea groups is 1. The molecule has 10 nitrogen and oxygen atoms in total. The second kappa shape index (κ2) is 12.4. The molecule has 4 amide bonds. The van der Waals surface area contributed by atoms with Gasteiger partial charge in [0.15, 0.2) is 0 Å². The molecule has 1 aliphatic heterocycles. The van der Waals surface area contributed by atoms with Gasteiger partial charge in [-0.25, -0.2) is 4.79 Å². The summed E-state index contributed by atoms with van der Waals surface area (Å²) in [6.07, 6.45) is 1.45. The zero-order valence-corrected chi connectivity index (χ0v) is 20.7. The molecule has 1 aliphatic rings. The molecular weight excluding hydrogens is 462 g/mol. The molecule has 2 aromatic rings. The van der Waals surface area contributed by atoms with Gasteiger partial charge in [0.1, 0.15) is 17.5 Å². The third-order valence-electron chi connectivity index (χ3n) is 5.94. The Bertz CT molecular complexity index is 1100. The van der Waals surface area contributed by atoms with Crippen LogP contribution in [0.2, 0.25) is 0 Å². The molecule has 0 bridgehead atoms. The molecular formula is C26H31N5O5. The molecule has 36 heavy (non-hydrogen) atoms. The van der Waals surface area contributed by atoms with E-state index in [9.17, 15) is 14.4 Å². The van der Waals surface area contributed by atoms with Crippen molar-refractivity contribution in [2.75, 3.05) is 32.6 Å². The van der Waals surface area contributed by atoms with Gasteiger partial charge in [0.2, 0.25) is 11.8 Å². The van der Waals surface area contributed by atoms with Gasteiger partial charge in [-0.3, -0.25) is 9.59 Å². The van der Waals surface area contributed by atoms with Gasteiger partial charge < -0.3 is 30.3 Å². The number of anilines is 1. The third-order valence-corrected chi connectivity index (χ3v) is 5.94. The van der Waals surface area contributed by atoms with Crippen LogP contribution in [0.5, 0.6) is 11.5 Å². The Morgan fingerprint density at radius 2 is 1.67 bits per heavy atom. The molecule has 0 aliphatic carbocycles. The topological polar surface area (TPSA) is 133 Å². The van der Waals surface area contributed by atoms with Crippen molar-refractivity contribution in [2.45, 2.75) is 38.3 Å². The standard InChI is InChI=1S/C26H31N5O5/c1-17(32)28-24(14-19-12-22(35-2)15-23(13-19)36-3)25(33)29-21-8-10-31(11-9-21)26(34)30-20-6-4-18(16-27)5-7-20/h4-7,12-13,15,21,24H,8-11,14H2,1-3H3,(H,28,32)(H,29,33)(H,30,34)/t24-/m1/s1. The molecule has 1 saturated heterocycles. The van der Waals surface area contributed by atoms with Gasteiger partial charge in [0, 0.05) is 44.2 Å². The fraction of sp³-hybridized carbons (Fsp3) is 0.385. The second-order valence-electron chi connectivity index (χ2n) is 8.57. The number of nitrogens with zero attached hydrogens (tertiary/aromatic N) is 2. The largest absolute Gasteiger partial charge is 0.497 e. The van der Waals surface area contributed by atoms with Crippen molar-refractivity contribution < 1.29 is 23.9 Å². The van der Waals surface area contributed by atoms with Gasteiger partial charge in [-0.05, 0) is 54.8 Å². The summed E-state index contributed by atoms with van der Waals surface area (Å²) in [4.78, 5) is 39.1. The van der Waals surface area contributed by atoms with Gasteiger partial charge in [-0.2, -0.15) is 5.26 Å². The number of hydrogen-bond acceptors (Lipinski definition) is 6. The first kappa shape index (κ1) is 26.3. The van der Waals surface area contributed by atoms with Crippen molar-refractivity contribution in [3.63, 3.8) is 0 Å². The lowest BCUT2D eigenvalue weighted by Gasteiger charge is -2.33. The summed E-state index contributed by atoms with van der Waals surface area (Å²) in [7, 11) is 3.10. The number of hydrogen-bond donors (Lipinski definition) is 3. The predicted octanol–water partition coefficient (Wildman–Crippen LogP) is 2.44. The maximum atomic E-state index is 13.1. The van der Waals surface area contributed by atoms with E-state index >= 15 is 0 Å². The molecule has 1 atom stereocenters. The van der Waals surface area contributed by atoms with Gasteiger partial charge in [-0.15, -0.1) is 0 Å². The molecule has 3 rings (SSSR count). The smallest absolute Gasteiger partial charge is 0.321 e. The highest BCUT2D eigenvalue weighted by Crippen LogP contribution is 2.23. The Kier molecular flexibility index (Phi) is 9.11. The molecule has 2 aromatic carbocycles. The summed E-state index contributed by atoms with van der Waals surface area (Å²) in [5.41, 5.74) is 1.92. The number of piperidine rings is 1. The predicted molar refractivity (Wildman–Crippen MR) is 134 cm³/mol. The molecule has 0 saturated carbocycles. The summed E-state index contributed by atoms with van der Waals surface area (Å²) < 4.78 is 10.6. The molecule has 10 heteroatoms. The lowest BCUT2D eigenvalue weighted by Crippen LogP contribution is -2.53. The van der Waals surface area contributed by atoms with Crippen molar-refractivity contribution in [3.8, 4) is 17.6 Å². The third kappa shape index (κ3) is 7.37. The highest BCUT2D eigenvalue weighted by molar-refractivity contribution is 5.89. The van der Waals surface area contributed by atoms with Crippen LogP contribution in [0.15, 0.2) is 42.5 Å². The van der Waals surface area contributed by atoms with E-state index in [1.165, 1.54) is 6.92 Å². The molecule has 0 unspecified atom stereocenters. The van der Waals surface area contributed by atoms with Gasteiger partial charge in [0.25, 0.3) is 0 Å². The van der Waals surface area contributed by atoms with E-state index in [4.69, 9.17) is 14.7 Å². The first-order valence-corrected chi connectivity index (χ1v) is 11.7. The average Bonchev–Trinajstić information content (AvgIpc) is 2.88. The van der Waals surface area contributed by atoms with E-state index in [0.717, 1.165) is 5.56 Å². The monoisotopic (exact) mass is 493 g/mol. The lowest BCUT2D eigenvalue weighted by atomic mass is 10.0. The minimum absolute atomic E-state index is 0.118. The van der Waals surface area contributed by atoms with Crippen molar-refractivity contribution in [1.29, 1.82) is 5.26 Å². The molecule has 0 spiro atoms. The van der Waals surface area contributed by atoms with Crippen molar-refractivity contribution in [3.05, 3.63) is 53.6 Å². The second-order valence-corrected chi connectivity index (χ2v) is 8.57. The summed E-state index contributed by atoms with van der Waals surface area (Å²) in [6, 6.07) is 12.9. The highest BCUT2D eigenvalue weighted by Gasteiger charge is 2.27. The molecule has 1 fully saturated rings. The fourth-order valence-corrected chi connectivity index (χ4v) is 4.03. The summed E-state index contributed by atoms with van der Waals surface area (Å²) in [5, 5.41) is 17.5. The van der Waals surface area contributed by atoms with Crippen molar-refractivity contribution in [2.24, 2.45) is 0 Å². The zero-order chi connectivity index (χ0) is 26.1. The van der Waals surface area contributed by atoms with Gasteiger partial charge in [0.05, 0.1) is 25.9 Å². The molecule has 190 valence electrons. The first-order chi connectivity index (χ1) is 17.3. The summed E-state index contributed by atoms with van der Waals surface area (Å²) in [6.45, 7) is 2.33. The van der Waals surface area contributed by atoms with Crippen LogP contribution in [0, 0.1) is 11.3 Å². The highest BCUT2D eigenvalue weighted by atomic mass is 16.5. The van der Waals surface area contributed by atoms with E-state index in [2.05, 4.69) is 16.0 Å². The minimum Gasteiger partial charge on any atom is -0.497 e. The van der Waals surface area contributed by atoms with E-state index < -0.39 is 6.04 Å². The maximum Gasteiger partial charge on any atom is 0.321 e. The van der Waals surface area contributed by atoms with Gasteiger partial charge in [-0.1, -0.05) is 0 Å². The SMILES string of the molecule is COc1cc(C[C@@H](NC(C)=O)C(=O)NC2CCN(C(=O)Nc3ccc(C#N)cc3)CC2)cc(OC)c1. The van der Waals surface area contributed by atoms with Crippen molar-refractivity contribution >= 4 is 23.5 Å². The zero-order valence-electron chi connectivity index (χ0n) is 20.7. The van der Waals surface area contributed by atoms with Crippen LogP contribution in [0.4, 0.5) is 10.5 Å². The van der Waals surface area contributed by atoms with Crippen LogP contribution >= 0.6 is 0 Å². The van der Waals surface area contributed by atoms with E-state index in [-0.39, 0.29) is 30.3 Å². The Labute approximate surface area is 210 Å². The number of carbonyl (C=O) groups excluding carboxylic acids is 3. The van der Waals surface area contributed by atoms with Crippen LogP contribution in [-0.4, -0.2) is 62.1 Å². The number of ether oxygens (including phenoxy) is 2. The number of carbonyl (C=O) groups is 3. The average molecular weight is 494 g/mol. The number of nitriles is 1. The normalized spacial score (nSPS) is 14.2. The molecule has 1 heterocycles. The minimum atomic E-state index is -0.767. The summed E-state index contributed by atoms with van der Waals surface area (Å²) in [5.74, 6) is 0.600. The van der Waals surface area contributed by atoms with Crippen LogP contribution < -0.4 is 25.4 Å². The van der Waals surface area contributed by atoms with Crippen LogP contribution in [0.1, 0.15) is 30.9 Å². The van der Waals surface area contributed by atoms with Crippen LogP contribution in [-0.2, 0) is 16.0 Å². The molecule has 3 N–H and O–H groups in total. The quantitative estimate of drug-likeness (QED) is 0.517. The Balaban J connectivity index is 1.56. The summed E-state index contributed by atoms with van der Waals surface area (Å²) >= 11 is 0. The molecule has 0 aromatic heterocycles. The Morgan fingerprint density at radius 1 is 1.06 bits per heavy atom. The fourth-order valence-electron chi connectivity index (χ4n) is 4.03. The van der Waals surface area contributed by atoms with E-state index in [1.54, 1.807) is 61.6 Å². The Hall–Kier alpha value is -4.26. The first-order valence-electron chi connectivity index (χ1n) is 11.7. The van der Waals surface area contributed by atoms with Gasteiger partial charge >= 0.3 is 6.03 Å². The number of amides is 4. The maximum absolute atomic E-state index is 13.1. The number of methoxy groups -OCH3 is 2.